The lowest BCUT2D eigenvalue weighted by Gasteiger charge is -2.31. The van der Waals surface area contributed by atoms with Crippen molar-refractivity contribution in [3.05, 3.63) is 109 Å². The van der Waals surface area contributed by atoms with Crippen molar-refractivity contribution >= 4 is 75.7 Å². The number of nitrogens with zero attached hydrogens (tertiary/aromatic N) is 3. The van der Waals surface area contributed by atoms with Crippen molar-refractivity contribution in [2.75, 3.05) is 39.5 Å². The Labute approximate surface area is 434 Å². The second-order valence-electron chi connectivity index (χ2n) is 18.6. The van der Waals surface area contributed by atoms with E-state index in [0.29, 0.717) is 65.2 Å². The van der Waals surface area contributed by atoms with E-state index in [-0.39, 0.29) is 61.9 Å². The Morgan fingerprint density at radius 2 is 1.57 bits per heavy atom. The van der Waals surface area contributed by atoms with E-state index in [1.165, 1.54) is 16.7 Å². The first-order valence-electron chi connectivity index (χ1n) is 24.6. The third-order valence-electron chi connectivity index (χ3n) is 13.8. The third-order valence-corrected chi connectivity index (χ3v) is 14.1. The molecule has 8 amide bonds. The second-order valence-corrected chi connectivity index (χ2v) is 19.0. The molecule has 0 saturated carbocycles. The van der Waals surface area contributed by atoms with Gasteiger partial charge in [-0.05, 0) is 73.4 Å². The van der Waals surface area contributed by atoms with Crippen molar-refractivity contribution in [3.63, 3.8) is 0 Å². The smallest absolute Gasteiger partial charge is 0.343 e. The van der Waals surface area contributed by atoms with Gasteiger partial charge in [0.05, 0.1) is 54.7 Å². The first-order valence-corrected chi connectivity index (χ1v) is 25.0. The molecule has 23 heteroatoms. The first-order chi connectivity index (χ1) is 36.0. The van der Waals surface area contributed by atoms with Gasteiger partial charge in [-0.2, -0.15) is 0 Å². The molecule has 4 aliphatic rings. The van der Waals surface area contributed by atoms with Gasteiger partial charge in [0.15, 0.2) is 5.60 Å². The predicted octanol–water partition coefficient (Wildman–Crippen LogP) is 0.797. The number of aromatic nitrogens is 2. The van der Waals surface area contributed by atoms with Gasteiger partial charge < -0.3 is 51.0 Å². The van der Waals surface area contributed by atoms with E-state index in [4.69, 9.17) is 26.1 Å². The summed E-state index contributed by atoms with van der Waals surface area (Å²) >= 11 is 6.70. The molecule has 4 aromatic rings. The largest absolute Gasteiger partial charge is 0.458 e. The van der Waals surface area contributed by atoms with Gasteiger partial charge in [0.2, 0.25) is 35.4 Å². The number of halogens is 1. The van der Waals surface area contributed by atoms with Gasteiger partial charge in [0.25, 0.3) is 17.4 Å². The average molecular weight is 1050 g/mol. The van der Waals surface area contributed by atoms with Gasteiger partial charge in [-0.3, -0.25) is 48.1 Å². The van der Waals surface area contributed by atoms with E-state index in [1.807, 2.05) is 6.92 Å². The Bertz CT molecular complexity index is 3090. The van der Waals surface area contributed by atoms with Crippen LogP contribution in [0.5, 0.6) is 0 Å². The Balaban J connectivity index is 0.805. The molecule has 0 fully saturated rings. The molecule has 0 unspecified atom stereocenters. The quantitative estimate of drug-likeness (QED) is 0.0219. The van der Waals surface area contributed by atoms with Crippen LogP contribution in [-0.4, -0.2) is 118 Å². The van der Waals surface area contributed by atoms with Crippen LogP contribution in [-0.2, 0) is 84.2 Å². The number of hydrogen-bond donors (Lipinski definition) is 7. The number of hydrogen-bond acceptors (Lipinski definition) is 14. The molecule has 3 atom stereocenters. The number of carbonyl (C=O) groups excluding carboxylic acids is 9. The number of imide groups is 1. The number of carbonyl (C=O) groups is 9. The molecule has 394 valence electrons. The number of fused-ring (bicyclic) bond motifs is 5. The molecule has 3 aliphatic heterocycles. The summed E-state index contributed by atoms with van der Waals surface area (Å²) in [6, 6.07) is 10.5. The van der Waals surface area contributed by atoms with Crippen LogP contribution in [0.3, 0.4) is 0 Å². The summed E-state index contributed by atoms with van der Waals surface area (Å²) in [4.78, 5) is 133. The predicted molar refractivity (Wildman–Crippen MR) is 268 cm³/mol. The number of nitrogens with one attached hydrogen (secondary N) is 6. The second kappa shape index (κ2) is 23.2. The minimum Gasteiger partial charge on any atom is -0.458 e. The number of aliphatic hydroxyl groups is 1. The van der Waals surface area contributed by atoms with Gasteiger partial charge in [-0.15, -0.1) is 0 Å². The molecule has 0 radical (unpaired) electrons. The maximum absolute atomic E-state index is 14.0. The third kappa shape index (κ3) is 11.8. The fourth-order valence-corrected chi connectivity index (χ4v) is 9.98. The lowest BCUT2D eigenvalue weighted by atomic mass is 9.81. The zero-order valence-electron chi connectivity index (χ0n) is 41.2. The minimum atomic E-state index is -2.01. The summed E-state index contributed by atoms with van der Waals surface area (Å²) in [7, 11) is 0. The molecule has 0 saturated heterocycles. The van der Waals surface area contributed by atoms with Crippen molar-refractivity contribution in [1.29, 1.82) is 0 Å². The fraction of sp³-hybridized carbons (Fsp3) is 0.404. The van der Waals surface area contributed by atoms with E-state index < -0.39 is 97.6 Å². The number of amides is 8. The van der Waals surface area contributed by atoms with Crippen LogP contribution in [0.2, 0.25) is 5.02 Å². The summed E-state index contributed by atoms with van der Waals surface area (Å²) in [6.07, 6.45) is 5.15. The van der Waals surface area contributed by atoms with Crippen LogP contribution in [0, 0.1) is 6.92 Å². The molecule has 0 spiro atoms. The summed E-state index contributed by atoms with van der Waals surface area (Å²) in [6.45, 7) is 1.35. The lowest BCUT2D eigenvalue weighted by molar-refractivity contribution is -0.172. The molecule has 1 aliphatic carbocycles. The first kappa shape index (κ1) is 53.5. The van der Waals surface area contributed by atoms with Crippen LogP contribution in [0.15, 0.2) is 59.4 Å². The minimum absolute atomic E-state index is 0.0182. The zero-order chi connectivity index (χ0) is 53.6. The van der Waals surface area contributed by atoms with Crippen LogP contribution in [0.25, 0.3) is 22.3 Å². The van der Waals surface area contributed by atoms with E-state index in [0.717, 1.165) is 27.0 Å². The molecular weight excluding hydrogens is 994 g/mol. The molecular formula is C52H56ClN9O13. The monoisotopic (exact) mass is 1050 g/mol. The Morgan fingerprint density at radius 3 is 2.32 bits per heavy atom. The fourth-order valence-electron chi connectivity index (χ4n) is 9.76. The molecule has 2 aromatic carbocycles. The number of unbranched alkanes of at least 4 members (excludes halogenated alkanes) is 2. The number of pyridine rings is 2. The summed E-state index contributed by atoms with van der Waals surface area (Å²) in [5, 5.41) is 28.2. The maximum Gasteiger partial charge on any atom is 0.343 e. The SMILES string of the molecule is CC[C@@]1(O)C(=O)OCc2c1cc1n(c2=O)Cc2c-1nc1cc(Cl)c(C)c3c1c2[C@H](NC(=O)COCNC(=O)CNC(=O)[C@H](Cc1ccccc1)NC(=O)CNC(=O)CNC(=O)CCCCCN1C(=O)C=CC1=O)CC3. The standard InChI is InChI=1S/C52H56ClN9O13/c1-3-52(73)33-19-38-48-31(24-62(38)50(71)32(33)25-75-51(52)72)47-35(14-13-30-28(2)34(53)20-36(60-48)46(30)47)58-43(67)26-74-27-57-41(65)22-56-49(70)37(18-29-10-6-4-7-11-29)59-42(66)23-55-40(64)21-54-39(63)12-8-5-9-17-61-44(68)15-16-45(61)69/h4,6-7,10-11,15-16,19-20,35,37,73H,3,5,8-9,12-14,17-18,21-27H2,1-2H3,(H,54,63)(H,55,64)(H,56,70)(H,57,65)(H,58,67)(H,59,66)/t35-,37+,52+/m1/s1. The Kier molecular flexibility index (Phi) is 16.5. The van der Waals surface area contributed by atoms with E-state index >= 15 is 0 Å². The van der Waals surface area contributed by atoms with Crippen molar-refractivity contribution in [2.24, 2.45) is 0 Å². The number of cyclic esters (lactones) is 1. The van der Waals surface area contributed by atoms with Crippen LogP contribution in [0.4, 0.5) is 0 Å². The molecule has 7 N–H and O–H groups in total. The highest BCUT2D eigenvalue weighted by molar-refractivity contribution is 6.32. The van der Waals surface area contributed by atoms with Crippen molar-refractivity contribution in [1.82, 2.24) is 46.4 Å². The van der Waals surface area contributed by atoms with Gasteiger partial charge in [-0.25, -0.2) is 9.78 Å². The number of aryl methyl sites for hydroxylation is 1. The molecule has 0 bridgehead atoms. The van der Waals surface area contributed by atoms with Gasteiger partial charge in [-0.1, -0.05) is 55.3 Å². The zero-order valence-corrected chi connectivity index (χ0v) is 42.0. The summed E-state index contributed by atoms with van der Waals surface area (Å²) in [5.74, 6) is -5.18. The lowest BCUT2D eigenvalue weighted by Crippen LogP contribution is -2.52. The van der Waals surface area contributed by atoms with Crippen LogP contribution >= 0.6 is 11.6 Å². The van der Waals surface area contributed by atoms with E-state index in [9.17, 15) is 53.1 Å². The molecule has 8 rings (SSSR count). The van der Waals surface area contributed by atoms with Gasteiger partial charge in [0, 0.05) is 53.1 Å². The highest BCUT2D eigenvalue weighted by Crippen LogP contribution is 2.46. The molecule has 75 heavy (non-hydrogen) atoms. The highest BCUT2D eigenvalue weighted by atomic mass is 35.5. The summed E-state index contributed by atoms with van der Waals surface area (Å²) < 4.78 is 12.3. The van der Waals surface area contributed by atoms with Crippen LogP contribution < -0.4 is 37.5 Å². The van der Waals surface area contributed by atoms with Crippen LogP contribution in [0.1, 0.15) is 90.4 Å². The van der Waals surface area contributed by atoms with Crippen molar-refractivity contribution in [2.45, 2.75) is 96.1 Å². The molecule has 5 heterocycles. The van der Waals surface area contributed by atoms with E-state index in [1.54, 1.807) is 49.4 Å². The van der Waals surface area contributed by atoms with Gasteiger partial charge in [0.1, 0.15) is 26.0 Å². The topological polar surface area (TPSA) is 303 Å². The Morgan fingerprint density at radius 1 is 0.867 bits per heavy atom. The number of rotatable bonds is 22. The summed E-state index contributed by atoms with van der Waals surface area (Å²) in [5.41, 5.74) is 3.31. The molecule has 22 nitrogen and oxygen atoms in total. The number of ether oxygens (including phenoxy) is 2. The van der Waals surface area contributed by atoms with Gasteiger partial charge >= 0.3 is 5.97 Å². The highest BCUT2D eigenvalue weighted by Gasteiger charge is 2.46. The van der Waals surface area contributed by atoms with Crippen molar-refractivity contribution in [3.8, 4) is 11.4 Å². The number of esters is 1. The Hall–Kier alpha value is -7.82. The van der Waals surface area contributed by atoms with Crippen molar-refractivity contribution < 1.29 is 57.7 Å². The maximum atomic E-state index is 14.0. The average Bonchev–Trinajstić information content (AvgIpc) is 3.98. The normalized spacial score (nSPS) is 17.4. The number of benzene rings is 2. The van der Waals surface area contributed by atoms with E-state index in [2.05, 4.69) is 31.9 Å². The molecule has 2 aromatic heterocycles.